The van der Waals surface area contributed by atoms with Crippen LogP contribution in [0.25, 0.3) is 11.3 Å². The number of benzene rings is 2. The number of nitrogens with one attached hydrogen (secondary N) is 2. The van der Waals surface area contributed by atoms with Gasteiger partial charge in [-0.05, 0) is 55.5 Å². The van der Waals surface area contributed by atoms with Crippen molar-refractivity contribution in [1.82, 2.24) is 16.0 Å². The lowest BCUT2D eigenvalue weighted by Gasteiger charge is -2.34. The van der Waals surface area contributed by atoms with E-state index in [9.17, 15) is 4.79 Å². The Hall–Kier alpha value is -2.78. The molecule has 2 saturated heterocycles. The number of nitrogens with zero attached hydrogens (tertiary/aromatic N) is 2. The van der Waals surface area contributed by atoms with Crippen LogP contribution in [-0.2, 0) is 16.2 Å². The van der Waals surface area contributed by atoms with Gasteiger partial charge >= 0.3 is 6.09 Å². The van der Waals surface area contributed by atoms with E-state index < -0.39 is 6.09 Å². The summed E-state index contributed by atoms with van der Waals surface area (Å²) in [5.74, 6) is 1.29. The van der Waals surface area contributed by atoms with Gasteiger partial charge < -0.3 is 19.0 Å². The average molecular weight is 529 g/mol. The molecule has 2 aliphatic heterocycles. The highest BCUT2D eigenvalue weighted by Gasteiger charge is 2.34. The first-order valence-electron chi connectivity index (χ1n) is 12.2. The highest BCUT2D eigenvalue weighted by Crippen LogP contribution is 2.46. The SMILES string of the molecule is O=C1NC(c2cccc(N3CCC(OCc4c(-c5c(Cl)cccc5Cl)noc4C4CC4)CC3)c2)NO1. The first-order valence-corrected chi connectivity index (χ1v) is 12.9. The fourth-order valence-electron chi connectivity index (χ4n) is 4.87. The maximum atomic E-state index is 11.3. The molecular weight excluding hydrogens is 503 g/mol. The van der Waals surface area contributed by atoms with Crippen molar-refractivity contribution in [2.24, 2.45) is 0 Å². The number of hydrogen-bond acceptors (Lipinski definition) is 7. The number of ether oxygens (including phenoxy) is 1. The van der Waals surface area contributed by atoms with Crippen molar-refractivity contribution in [3.63, 3.8) is 0 Å². The number of carbonyl (C=O) groups excluding carboxylic acids is 1. The third-order valence-electron chi connectivity index (χ3n) is 6.97. The molecule has 2 N–H and O–H groups in total. The normalized spacial score (nSPS) is 20.4. The van der Waals surface area contributed by atoms with Crippen molar-refractivity contribution in [2.45, 2.75) is 50.5 Å². The van der Waals surface area contributed by atoms with Crippen LogP contribution in [0.5, 0.6) is 0 Å². The van der Waals surface area contributed by atoms with Crippen LogP contribution in [0.3, 0.4) is 0 Å². The van der Waals surface area contributed by atoms with Gasteiger partial charge in [-0.25, -0.2) is 4.79 Å². The van der Waals surface area contributed by atoms with Gasteiger partial charge in [0.25, 0.3) is 0 Å². The van der Waals surface area contributed by atoms with Gasteiger partial charge in [0.15, 0.2) is 0 Å². The van der Waals surface area contributed by atoms with Crippen LogP contribution in [0.15, 0.2) is 47.0 Å². The summed E-state index contributed by atoms with van der Waals surface area (Å²) < 4.78 is 12.2. The minimum Gasteiger partial charge on any atom is -0.373 e. The summed E-state index contributed by atoms with van der Waals surface area (Å²) in [5.41, 5.74) is 7.09. The highest BCUT2D eigenvalue weighted by atomic mass is 35.5. The molecule has 3 aromatic rings. The van der Waals surface area contributed by atoms with Crippen molar-refractivity contribution in [3.8, 4) is 11.3 Å². The van der Waals surface area contributed by atoms with Crippen LogP contribution in [0.2, 0.25) is 10.0 Å². The number of halogens is 2. The Morgan fingerprint density at radius 2 is 1.81 bits per heavy atom. The Bertz CT molecular complexity index is 1250. The zero-order valence-corrected chi connectivity index (χ0v) is 21.0. The molecule has 1 unspecified atom stereocenters. The molecule has 3 heterocycles. The van der Waals surface area contributed by atoms with Crippen LogP contribution in [0.4, 0.5) is 10.5 Å². The molecule has 188 valence electrons. The Kier molecular flexibility index (Phi) is 6.52. The lowest BCUT2D eigenvalue weighted by atomic mass is 10.0. The summed E-state index contributed by atoms with van der Waals surface area (Å²) in [6, 6.07) is 13.6. The fraction of sp³-hybridized carbons (Fsp3) is 0.385. The van der Waals surface area contributed by atoms with Gasteiger partial charge in [0.2, 0.25) is 0 Å². The number of aromatic nitrogens is 1. The van der Waals surface area contributed by atoms with Gasteiger partial charge in [0, 0.05) is 35.8 Å². The minimum atomic E-state index is -0.471. The molecule has 1 aliphatic carbocycles. The number of amides is 1. The van der Waals surface area contributed by atoms with E-state index in [1.54, 1.807) is 0 Å². The summed E-state index contributed by atoms with van der Waals surface area (Å²) in [5, 5.41) is 8.20. The molecule has 1 saturated carbocycles. The smallest absolute Gasteiger partial charge is 0.373 e. The molecule has 3 aliphatic rings. The van der Waals surface area contributed by atoms with Gasteiger partial charge in [-0.3, -0.25) is 5.32 Å². The molecule has 0 bridgehead atoms. The van der Waals surface area contributed by atoms with E-state index >= 15 is 0 Å². The molecule has 3 fully saturated rings. The lowest BCUT2D eigenvalue weighted by molar-refractivity contribution is 0.0246. The second-order valence-corrected chi connectivity index (χ2v) is 10.2. The number of carbonyl (C=O) groups is 1. The molecule has 1 amide bonds. The van der Waals surface area contributed by atoms with Crippen LogP contribution < -0.4 is 15.7 Å². The van der Waals surface area contributed by atoms with Crippen LogP contribution in [-0.4, -0.2) is 30.4 Å². The van der Waals surface area contributed by atoms with Crippen LogP contribution >= 0.6 is 23.2 Å². The summed E-state index contributed by atoms with van der Waals surface area (Å²) in [7, 11) is 0. The molecule has 1 atom stereocenters. The minimum absolute atomic E-state index is 0.130. The number of hydroxylamine groups is 1. The first kappa shape index (κ1) is 23.6. The average Bonchev–Trinajstić information content (AvgIpc) is 3.51. The molecule has 6 rings (SSSR count). The quantitative estimate of drug-likeness (QED) is 0.391. The molecule has 1 aromatic heterocycles. The lowest BCUT2D eigenvalue weighted by Crippen LogP contribution is -2.37. The second-order valence-electron chi connectivity index (χ2n) is 9.42. The van der Waals surface area contributed by atoms with E-state index in [1.165, 1.54) is 0 Å². The Balaban J connectivity index is 1.12. The van der Waals surface area contributed by atoms with Gasteiger partial charge in [-0.15, -0.1) is 5.48 Å². The Morgan fingerprint density at radius 1 is 1.06 bits per heavy atom. The van der Waals surface area contributed by atoms with Crippen LogP contribution in [0.1, 0.15) is 54.7 Å². The van der Waals surface area contributed by atoms with E-state index in [0.29, 0.717) is 33.8 Å². The Morgan fingerprint density at radius 3 is 2.50 bits per heavy atom. The van der Waals surface area contributed by atoms with Crippen molar-refractivity contribution < 1.29 is 18.9 Å². The van der Waals surface area contributed by atoms with Gasteiger partial charge in [-0.1, -0.05) is 46.6 Å². The number of piperidine rings is 1. The topological polar surface area (TPSA) is 88.9 Å². The first-order chi connectivity index (χ1) is 17.6. The summed E-state index contributed by atoms with van der Waals surface area (Å²) in [6.07, 6.45) is 3.31. The number of rotatable bonds is 7. The highest BCUT2D eigenvalue weighted by molar-refractivity contribution is 6.39. The maximum absolute atomic E-state index is 11.3. The van der Waals surface area contributed by atoms with Crippen molar-refractivity contribution in [2.75, 3.05) is 18.0 Å². The second kappa shape index (κ2) is 9.94. The predicted molar refractivity (Wildman–Crippen MR) is 136 cm³/mol. The standard InChI is InChI=1S/C26H26Cl2N4O4/c27-20-5-2-6-21(28)22(20)23-19(24(35-30-23)15-7-8-15)14-34-18-9-11-32(12-10-18)17-4-1-3-16(13-17)25-29-26(33)36-31-25/h1-6,13,15,18,25,31H,7-12,14H2,(H,29,33). The van der Waals surface area contributed by atoms with E-state index in [1.807, 2.05) is 30.3 Å². The molecule has 36 heavy (non-hydrogen) atoms. The van der Waals surface area contributed by atoms with Gasteiger partial charge in [0.05, 0.1) is 22.8 Å². The third-order valence-corrected chi connectivity index (χ3v) is 7.60. The number of hydrogen-bond donors (Lipinski definition) is 2. The number of anilines is 1. The van der Waals surface area contributed by atoms with E-state index in [-0.39, 0.29) is 12.3 Å². The van der Waals surface area contributed by atoms with E-state index in [2.05, 4.69) is 33.0 Å². The molecule has 8 nitrogen and oxygen atoms in total. The van der Waals surface area contributed by atoms with E-state index in [0.717, 1.165) is 61.3 Å². The van der Waals surface area contributed by atoms with Crippen molar-refractivity contribution in [1.29, 1.82) is 0 Å². The summed E-state index contributed by atoms with van der Waals surface area (Å²) in [6.45, 7) is 2.16. The van der Waals surface area contributed by atoms with E-state index in [4.69, 9.17) is 37.3 Å². The fourth-order valence-corrected chi connectivity index (χ4v) is 5.45. The molecular formula is C26H26Cl2N4O4. The maximum Gasteiger partial charge on any atom is 0.427 e. The summed E-state index contributed by atoms with van der Waals surface area (Å²) >= 11 is 13.0. The largest absolute Gasteiger partial charge is 0.427 e. The van der Waals surface area contributed by atoms with Crippen molar-refractivity contribution >= 4 is 35.0 Å². The molecule has 10 heteroatoms. The molecule has 0 radical (unpaired) electrons. The summed E-state index contributed by atoms with van der Waals surface area (Å²) in [4.78, 5) is 18.5. The molecule has 2 aromatic carbocycles. The Labute approximate surface area is 218 Å². The monoisotopic (exact) mass is 528 g/mol. The predicted octanol–water partition coefficient (Wildman–Crippen LogP) is 5.95. The van der Waals surface area contributed by atoms with Gasteiger partial charge in [0.1, 0.15) is 17.6 Å². The zero-order chi connectivity index (χ0) is 24.6. The third kappa shape index (κ3) is 4.78. The van der Waals surface area contributed by atoms with Gasteiger partial charge in [-0.2, -0.15) is 0 Å². The molecule has 0 spiro atoms. The zero-order valence-electron chi connectivity index (χ0n) is 19.5. The van der Waals surface area contributed by atoms with Crippen LogP contribution in [0, 0.1) is 0 Å². The van der Waals surface area contributed by atoms with Crippen molar-refractivity contribution in [3.05, 3.63) is 69.4 Å².